The van der Waals surface area contributed by atoms with E-state index in [-0.39, 0.29) is 0 Å². The zero-order valence-corrected chi connectivity index (χ0v) is 10.1. The second-order valence-electron chi connectivity index (χ2n) is 3.35. The van der Waals surface area contributed by atoms with Crippen LogP contribution in [0.2, 0.25) is 0 Å². The van der Waals surface area contributed by atoms with Crippen molar-refractivity contribution < 1.29 is 0 Å². The quantitative estimate of drug-likeness (QED) is 0.419. The van der Waals surface area contributed by atoms with Crippen LogP contribution in [0.1, 0.15) is 19.8 Å². The molecule has 1 heterocycles. The molecule has 0 spiro atoms. The van der Waals surface area contributed by atoms with E-state index in [4.69, 9.17) is 0 Å². The maximum atomic E-state index is 2.31. The van der Waals surface area contributed by atoms with Gasteiger partial charge in [0.25, 0.3) is 0 Å². The molecule has 14 heavy (non-hydrogen) atoms. The summed E-state index contributed by atoms with van der Waals surface area (Å²) in [6.45, 7) is 2.25. The Morgan fingerprint density at radius 3 is 3.00 bits per heavy atom. The number of benzene rings is 1. The Morgan fingerprint density at radius 2 is 2.14 bits per heavy atom. The summed E-state index contributed by atoms with van der Waals surface area (Å²) in [4.78, 5) is 1.51. The van der Waals surface area contributed by atoms with Crippen LogP contribution in [-0.4, -0.2) is 5.75 Å². The van der Waals surface area contributed by atoms with Gasteiger partial charge in [-0.1, -0.05) is 25.5 Å². The molecular formula is C12H15S2+. The summed E-state index contributed by atoms with van der Waals surface area (Å²) in [5, 5.41) is 3.76. The van der Waals surface area contributed by atoms with Crippen molar-refractivity contribution in [2.75, 3.05) is 5.75 Å². The fraction of sp³-hybridized carbons (Fsp3) is 0.333. The van der Waals surface area contributed by atoms with E-state index in [1.54, 1.807) is 0 Å². The summed E-state index contributed by atoms with van der Waals surface area (Å²) in [5.74, 6) is 1.30. The van der Waals surface area contributed by atoms with Crippen molar-refractivity contribution in [1.29, 1.82) is 0 Å². The van der Waals surface area contributed by atoms with E-state index >= 15 is 0 Å². The Balaban J connectivity index is 2.17. The maximum Gasteiger partial charge on any atom is 0.171 e. The maximum absolute atomic E-state index is 2.31. The van der Waals surface area contributed by atoms with Crippen molar-refractivity contribution in [2.45, 2.75) is 24.7 Å². The predicted molar refractivity (Wildman–Crippen MR) is 68.6 cm³/mol. The molecule has 2 heteroatoms. The summed E-state index contributed by atoms with van der Waals surface area (Å²) in [7, 11) is 0. The molecular weight excluding hydrogens is 208 g/mol. The molecule has 1 aromatic heterocycles. The van der Waals surface area contributed by atoms with Crippen molar-refractivity contribution in [3.05, 3.63) is 29.6 Å². The lowest BCUT2D eigenvalue weighted by Gasteiger charge is -1.90. The average Bonchev–Trinajstić information content (AvgIpc) is 2.63. The van der Waals surface area contributed by atoms with E-state index in [9.17, 15) is 0 Å². The van der Waals surface area contributed by atoms with Crippen LogP contribution in [0.15, 0.2) is 34.5 Å². The number of thiophene rings is 1. The topological polar surface area (TPSA) is 0 Å². The molecule has 0 radical (unpaired) electrons. The van der Waals surface area contributed by atoms with Gasteiger partial charge < -0.3 is 0 Å². The highest BCUT2D eigenvalue weighted by molar-refractivity contribution is 7.79. The Morgan fingerprint density at radius 1 is 1.29 bits per heavy atom. The number of unbranched alkanes of at least 4 members (excludes halogenated alkanes) is 1. The summed E-state index contributed by atoms with van der Waals surface area (Å²) >= 11 is 3.36. The van der Waals surface area contributed by atoms with Crippen LogP contribution in [0.4, 0.5) is 0 Å². The van der Waals surface area contributed by atoms with Crippen LogP contribution >= 0.6 is 11.3 Å². The van der Waals surface area contributed by atoms with Gasteiger partial charge in [-0.3, -0.25) is 0 Å². The largest absolute Gasteiger partial charge is 0.171 e. The van der Waals surface area contributed by atoms with E-state index in [0.717, 1.165) is 0 Å². The zero-order chi connectivity index (χ0) is 9.80. The van der Waals surface area contributed by atoms with Crippen LogP contribution in [0, 0.1) is 0 Å². The standard InChI is InChI=1S/C12H14S2/c1-2-3-8-13-12-9-14-11-7-5-4-6-10(11)12/h4-7,9H,2-3,8H2,1H3/p+1. The molecule has 0 amide bonds. The zero-order valence-electron chi connectivity index (χ0n) is 8.36. The van der Waals surface area contributed by atoms with E-state index in [1.807, 2.05) is 11.3 Å². The SMILES string of the molecule is CCCC[SH+]c1csc2ccccc12. The molecule has 1 aromatic carbocycles. The number of thiol groups is 1. The molecule has 0 aliphatic carbocycles. The van der Waals surface area contributed by atoms with Crippen molar-refractivity contribution in [3.63, 3.8) is 0 Å². The third-order valence-electron chi connectivity index (χ3n) is 2.25. The second-order valence-corrected chi connectivity index (χ2v) is 5.51. The first-order chi connectivity index (χ1) is 6.92. The minimum absolute atomic E-state index is 1.30. The third kappa shape index (κ3) is 2.12. The van der Waals surface area contributed by atoms with E-state index in [1.165, 1.54) is 45.3 Å². The summed E-state index contributed by atoms with van der Waals surface area (Å²) in [6.07, 6.45) is 2.64. The molecule has 0 fully saturated rings. The second kappa shape index (κ2) is 4.85. The van der Waals surface area contributed by atoms with Crippen molar-refractivity contribution in [1.82, 2.24) is 0 Å². The highest BCUT2D eigenvalue weighted by Crippen LogP contribution is 2.27. The molecule has 2 aromatic rings. The van der Waals surface area contributed by atoms with Crippen molar-refractivity contribution in [2.24, 2.45) is 0 Å². The summed E-state index contributed by atoms with van der Waals surface area (Å²) < 4.78 is 1.42. The van der Waals surface area contributed by atoms with Gasteiger partial charge in [0.1, 0.15) is 5.75 Å². The molecule has 0 atom stereocenters. The van der Waals surface area contributed by atoms with Gasteiger partial charge in [-0.25, -0.2) is 0 Å². The van der Waals surface area contributed by atoms with Gasteiger partial charge in [0.05, 0.1) is 0 Å². The first-order valence-corrected chi connectivity index (χ1v) is 7.01. The molecule has 0 aliphatic heterocycles. The van der Waals surface area contributed by atoms with E-state index in [2.05, 4.69) is 36.6 Å². The highest BCUT2D eigenvalue weighted by Gasteiger charge is 2.09. The predicted octanol–water partition coefficient (Wildman–Crippen LogP) is 3.88. The van der Waals surface area contributed by atoms with Gasteiger partial charge in [0.2, 0.25) is 0 Å². The summed E-state index contributed by atoms with van der Waals surface area (Å²) in [5.41, 5.74) is 0. The number of hydrogen-bond acceptors (Lipinski definition) is 1. The molecule has 0 aliphatic rings. The first-order valence-electron chi connectivity index (χ1n) is 5.05. The van der Waals surface area contributed by atoms with Gasteiger partial charge in [0, 0.05) is 27.2 Å². The molecule has 0 saturated carbocycles. The monoisotopic (exact) mass is 223 g/mol. The fourth-order valence-electron chi connectivity index (χ4n) is 1.44. The molecule has 74 valence electrons. The van der Waals surface area contributed by atoms with Crippen LogP contribution < -0.4 is 0 Å². The summed E-state index contributed by atoms with van der Waals surface area (Å²) in [6, 6.07) is 8.69. The van der Waals surface area contributed by atoms with E-state index < -0.39 is 0 Å². The number of rotatable bonds is 4. The Kier molecular flexibility index (Phi) is 3.49. The minimum atomic E-state index is 1.30. The lowest BCUT2D eigenvalue weighted by Crippen LogP contribution is -1.87. The molecule has 0 saturated heterocycles. The molecule has 2 rings (SSSR count). The molecule has 0 unspecified atom stereocenters. The average molecular weight is 223 g/mol. The Labute approximate surface area is 93.3 Å². The fourth-order valence-corrected chi connectivity index (χ4v) is 3.88. The Hall–Kier alpha value is -0.470. The molecule has 0 nitrogen and oxygen atoms in total. The van der Waals surface area contributed by atoms with Crippen molar-refractivity contribution >= 4 is 33.2 Å². The van der Waals surface area contributed by atoms with Crippen molar-refractivity contribution in [3.8, 4) is 0 Å². The lowest BCUT2D eigenvalue weighted by molar-refractivity contribution is 0.895. The smallest absolute Gasteiger partial charge is 0.138 e. The Bertz CT molecular complexity index is 403. The molecule has 0 bridgehead atoms. The normalized spacial score (nSPS) is 10.9. The van der Waals surface area contributed by atoms with Gasteiger partial charge in [-0.15, -0.1) is 11.3 Å². The first kappa shape index (κ1) is 10.1. The van der Waals surface area contributed by atoms with Crippen LogP contribution in [-0.2, 0) is 11.8 Å². The highest BCUT2D eigenvalue weighted by atomic mass is 32.2. The minimum Gasteiger partial charge on any atom is -0.138 e. The lowest BCUT2D eigenvalue weighted by atomic mass is 10.3. The van der Waals surface area contributed by atoms with E-state index in [0.29, 0.717) is 0 Å². The van der Waals surface area contributed by atoms with Gasteiger partial charge in [-0.05, 0) is 18.6 Å². The van der Waals surface area contributed by atoms with Gasteiger partial charge in [-0.2, -0.15) is 0 Å². The van der Waals surface area contributed by atoms with Gasteiger partial charge in [0.15, 0.2) is 4.90 Å². The van der Waals surface area contributed by atoms with Crippen LogP contribution in [0.25, 0.3) is 10.1 Å². The number of hydrogen-bond donors (Lipinski definition) is 0. The third-order valence-corrected chi connectivity index (χ3v) is 4.64. The molecule has 0 N–H and O–H groups in total. The van der Waals surface area contributed by atoms with Crippen LogP contribution in [0.3, 0.4) is 0 Å². The van der Waals surface area contributed by atoms with Crippen LogP contribution in [0.5, 0.6) is 0 Å². The van der Waals surface area contributed by atoms with Gasteiger partial charge >= 0.3 is 0 Å². The number of fused-ring (bicyclic) bond motifs is 1.